The predicted octanol–water partition coefficient (Wildman–Crippen LogP) is 2.47. The molecule has 0 spiro atoms. The molecule has 0 radical (unpaired) electrons. The molecule has 162 valence electrons. The summed E-state index contributed by atoms with van der Waals surface area (Å²) in [6.45, 7) is 5.69. The van der Waals surface area contributed by atoms with Crippen LogP contribution in [0.15, 0.2) is 30.3 Å². The Morgan fingerprint density at radius 3 is 2.59 bits per heavy atom. The van der Waals surface area contributed by atoms with Crippen LogP contribution in [0.4, 0.5) is 0 Å². The second kappa shape index (κ2) is 9.97. The van der Waals surface area contributed by atoms with E-state index in [9.17, 15) is 4.79 Å². The number of nitrogens with one attached hydrogen (secondary N) is 2. The van der Waals surface area contributed by atoms with Gasteiger partial charge in [0.15, 0.2) is 0 Å². The number of carbonyl (C=O) groups excluding carboxylic acids is 1. The number of benzene rings is 1. The number of piperidine rings is 3. The van der Waals surface area contributed by atoms with Gasteiger partial charge in [-0.15, -0.1) is 24.8 Å². The van der Waals surface area contributed by atoms with E-state index >= 15 is 0 Å². The first kappa shape index (κ1) is 22.8. The quantitative estimate of drug-likeness (QED) is 0.741. The molecular formula is C22H34Cl2N4O. The summed E-state index contributed by atoms with van der Waals surface area (Å²) >= 11 is 0. The highest BCUT2D eigenvalue weighted by atomic mass is 35.5. The predicted molar refractivity (Wildman–Crippen MR) is 121 cm³/mol. The Morgan fingerprint density at radius 1 is 1.00 bits per heavy atom. The van der Waals surface area contributed by atoms with E-state index in [1.807, 2.05) is 0 Å². The van der Waals surface area contributed by atoms with Crippen LogP contribution in [0.1, 0.15) is 37.3 Å². The summed E-state index contributed by atoms with van der Waals surface area (Å²) in [4.78, 5) is 18.0. The first-order valence-corrected chi connectivity index (χ1v) is 10.8. The Kier molecular flexibility index (Phi) is 7.85. The van der Waals surface area contributed by atoms with Gasteiger partial charge in [0.2, 0.25) is 5.91 Å². The zero-order chi connectivity index (χ0) is 18.2. The lowest BCUT2D eigenvalue weighted by molar-refractivity contribution is -0.141. The normalized spacial score (nSPS) is 34.3. The lowest BCUT2D eigenvalue weighted by Gasteiger charge is -2.55. The van der Waals surface area contributed by atoms with E-state index < -0.39 is 0 Å². The zero-order valence-corrected chi connectivity index (χ0v) is 18.6. The van der Waals surface area contributed by atoms with Gasteiger partial charge in [-0.25, -0.2) is 0 Å². The summed E-state index contributed by atoms with van der Waals surface area (Å²) in [5, 5.41) is 6.76. The largest absolute Gasteiger partial charge is 0.341 e. The van der Waals surface area contributed by atoms with Crippen LogP contribution in [0, 0.1) is 11.8 Å². The molecule has 5 rings (SSSR count). The molecule has 0 aliphatic carbocycles. The lowest BCUT2D eigenvalue weighted by atomic mass is 9.73. The van der Waals surface area contributed by atoms with Gasteiger partial charge in [0.05, 0.1) is 6.04 Å². The highest BCUT2D eigenvalue weighted by Crippen LogP contribution is 2.44. The molecule has 4 heterocycles. The Hall–Kier alpha value is -0.850. The standard InChI is InChI=1S/C22H32N4O.2ClH/c27-22(19-12-23-9-10-24-19)25-13-16-11-18(15-25)21-8-4-7-20(26(21)14-16)17-5-2-1-3-6-17;;/h1-3,5-6,16,18-21,23-24H,4,7-15H2;2*1H/t16-,18+,19-,20+,21-;;/m0../s1. The van der Waals surface area contributed by atoms with Gasteiger partial charge >= 0.3 is 0 Å². The Balaban J connectivity index is 0.00000120. The maximum absolute atomic E-state index is 13.0. The van der Waals surface area contributed by atoms with Crippen LogP contribution in [0.25, 0.3) is 0 Å². The number of rotatable bonds is 2. The molecule has 5 nitrogen and oxygen atoms in total. The van der Waals surface area contributed by atoms with E-state index in [0.29, 0.717) is 29.8 Å². The van der Waals surface area contributed by atoms with Gasteiger partial charge in [-0.1, -0.05) is 30.3 Å². The maximum atomic E-state index is 13.0. The van der Waals surface area contributed by atoms with Gasteiger partial charge < -0.3 is 15.5 Å². The van der Waals surface area contributed by atoms with Crippen molar-refractivity contribution >= 4 is 30.7 Å². The minimum atomic E-state index is -0.0305. The highest BCUT2D eigenvalue weighted by Gasteiger charge is 2.46. The molecular weight excluding hydrogens is 407 g/mol. The van der Waals surface area contributed by atoms with Crippen molar-refractivity contribution in [3.63, 3.8) is 0 Å². The molecule has 7 heteroatoms. The molecule has 4 aliphatic heterocycles. The van der Waals surface area contributed by atoms with Crippen molar-refractivity contribution in [2.24, 2.45) is 11.8 Å². The minimum absolute atomic E-state index is 0. The molecule has 2 bridgehead atoms. The van der Waals surface area contributed by atoms with Crippen molar-refractivity contribution < 1.29 is 4.79 Å². The Labute approximate surface area is 186 Å². The van der Waals surface area contributed by atoms with Gasteiger partial charge in [-0.2, -0.15) is 0 Å². The van der Waals surface area contributed by atoms with Crippen LogP contribution >= 0.6 is 24.8 Å². The van der Waals surface area contributed by atoms with Gasteiger partial charge in [-0.3, -0.25) is 9.69 Å². The monoisotopic (exact) mass is 440 g/mol. The Bertz CT molecular complexity index is 670. The number of hydrogen-bond donors (Lipinski definition) is 2. The number of nitrogens with zero attached hydrogens (tertiary/aromatic N) is 2. The third-order valence-corrected chi connectivity index (χ3v) is 7.22. The van der Waals surface area contributed by atoms with Crippen LogP contribution in [-0.4, -0.2) is 67.1 Å². The Morgan fingerprint density at radius 2 is 1.83 bits per heavy atom. The molecule has 0 aromatic heterocycles. The fraction of sp³-hybridized carbons (Fsp3) is 0.682. The zero-order valence-electron chi connectivity index (χ0n) is 17.0. The number of likely N-dealkylation sites (tertiary alicyclic amines) is 1. The summed E-state index contributed by atoms with van der Waals surface area (Å²) in [6.07, 6.45) is 5.19. The summed E-state index contributed by atoms with van der Waals surface area (Å²) in [5.41, 5.74) is 1.48. The fourth-order valence-electron chi connectivity index (χ4n) is 6.07. The molecule has 1 aromatic rings. The van der Waals surface area contributed by atoms with E-state index in [0.717, 1.165) is 39.3 Å². The average molecular weight is 441 g/mol. The molecule has 4 saturated heterocycles. The van der Waals surface area contributed by atoms with Crippen molar-refractivity contribution in [1.29, 1.82) is 0 Å². The van der Waals surface area contributed by atoms with Gasteiger partial charge in [-0.05, 0) is 43.1 Å². The third kappa shape index (κ3) is 4.59. The molecule has 4 fully saturated rings. The van der Waals surface area contributed by atoms with Crippen LogP contribution < -0.4 is 10.6 Å². The van der Waals surface area contributed by atoms with Crippen LogP contribution in [0.3, 0.4) is 0 Å². The number of fused-ring (bicyclic) bond motifs is 4. The minimum Gasteiger partial charge on any atom is -0.341 e. The molecule has 1 aromatic carbocycles. The second-order valence-electron chi connectivity index (χ2n) is 8.94. The number of amides is 1. The van der Waals surface area contributed by atoms with Crippen molar-refractivity contribution in [3.05, 3.63) is 35.9 Å². The smallest absolute Gasteiger partial charge is 0.241 e. The summed E-state index contributed by atoms with van der Waals surface area (Å²) in [7, 11) is 0. The fourth-order valence-corrected chi connectivity index (χ4v) is 6.07. The van der Waals surface area contributed by atoms with Crippen molar-refractivity contribution in [3.8, 4) is 0 Å². The number of halogens is 2. The van der Waals surface area contributed by atoms with Crippen molar-refractivity contribution in [1.82, 2.24) is 20.4 Å². The molecule has 5 atom stereocenters. The number of piperazine rings is 1. The summed E-state index contributed by atoms with van der Waals surface area (Å²) < 4.78 is 0. The van der Waals surface area contributed by atoms with Gasteiger partial charge in [0.1, 0.15) is 0 Å². The van der Waals surface area contributed by atoms with Gasteiger partial charge in [0, 0.05) is 51.4 Å². The summed E-state index contributed by atoms with van der Waals surface area (Å²) in [5.74, 6) is 1.59. The average Bonchev–Trinajstić information content (AvgIpc) is 2.74. The van der Waals surface area contributed by atoms with E-state index in [2.05, 4.69) is 50.8 Å². The van der Waals surface area contributed by atoms with E-state index in [1.54, 1.807) is 0 Å². The van der Waals surface area contributed by atoms with Crippen LogP contribution in [-0.2, 0) is 4.79 Å². The second-order valence-corrected chi connectivity index (χ2v) is 8.94. The third-order valence-electron chi connectivity index (χ3n) is 7.22. The number of hydrogen-bond acceptors (Lipinski definition) is 4. The van der Waals surface area contributed by atoms with E-state index in [1.165, 1.54) is 31.2 Å². The first-order chi connectivity index (χ1) is 13.3. The van der Waals surface area contributed by atoms with Crippen molar-refractivity contribution in [2.75, 3.05) is 39.3 Å². The molecule has 29 heavy (non-hydrogen) atoms. The molecule has 2 N–H and O–H groups in total. The van der Waals surface area contributed by atoms with E-state index in [4.69, 9.17) is 0 Å². The molecule has 4 aliphatic rings. The first-order valence-electron chi connectivity index (χ1n) is 10.8. The maximum Gasteiger partial charge on any atom is 0.241 e. The number of carbonyl (C=O) groups is 1. The van der Waals surface area contributed by atoms with Gasteiger partial charge in [0.25, 0.3) is 0 Å². The highest BCUT2D eigenvalue weighted by molar-refractivity contribution is 5.85. The molecule has 0 saturated carbocycles. The SMILES string of the molecule is Cl.Cl.O=C([C@@H]1CNCCN1)N1C[C@@H]2C[C@H](C1)[C@@H]1CCC[C@H](c3ccccc3)N1C2. The molecule has 0 unspecified atom stereocenters. The molecule has 1 amide bonds. The van der Waals surface area contributed by atoms with Crippen LogP contribution in [0.2, 0.25) is 0 Å². The van der Waals surface area contributed by atoms with E-state index in [-0.39, 0.29) is 30.9 Å². The van der Waals surface area contributed by atoms with Crippen molar-refractivity contribution in [2.45, 2.75) is 43.8 Å². The van der Waals surface area contributed by atoms with Crippen LogP contribution in [0.5, 0.6) is 0 Å². The summed E-state index contributed by atoms with van der Waals surface area (Å²) in [6, 6.07) is 12.3. The lowest BCUT2D eigenvalue weighted by Crippen LogP contribution is -2.63. The topological polar surface area (TPSA) is 47.6 Å².